The predicted molar refractivity (Wildman–Crippen MR) is 66.3 cm³/mol. The normalized spacial score (nSPS) is 41.9. The molecule has 5 nitrogen and oxygen atoms in total. The van der Waals surface area contributed by atoms with Gasteiger partial charge in [-0.25, -0.2) is 4.98 Å². The number of amides is 1. The van der Waals surface area contributed by atoms with Gasteiger partial charge in [-0.05, 0) is 30.9 Å². The molecule has 3 fully saturated rings. The minimum absolute atomic E-state index is 0.187. The van der Waals surface area contributed by atoms with E-state index in [0.717, 1.165) is 24.8 Å². The molecule has 2 saturated heterocycles. The topological polar surface area (TPSA) is 74.4 Å². The number of pyridine rings is 1. The van der Waals surface area contributed by atoms with E-state index in [1.807, 2.05) is 12.1 Å². The first-order chi connectivity index (χ1) is 9.14. The van der Waals surface area contributed by atoms with Gasteiger partial charge in [0.05, 0.1) is 18.6 Å². The zero-order valence-electron chi connectivity index (χ0n) is 10.8. The highest BCUT2D eigenvalue weighted by molar-refractivity contribution is 5.87. The second kappa shape index (κ2) is 3.28. The SMILES string of the molecule is COc1cc(C23CCC(O2)C2CC23C(N)=O)ccn1. The highest BCUT2D eigenvalue weighted by Gasteiger charge is 2.81. The van der Waals surface area contributed by atoms with Gasteiger partial charge >= 0.3 is 0 Å². The van der Waals surface area contributed by atoms with Crippen LogP contribution in [0.5, 0.6) is 5.88 Å². The maximum Gasteiger partial charge on any atom is 0.227 e. The van der Waals surface area contributed by atoms with Crippen molar-refractivity contribution < 1.29 is 14.3 Å². The predicted octanol–water partition coefficient (Wildman–Crippen LogP) is 0.970. The van der Waals surface area contributed by atoms with Crippen molar-refractivity contribution in [3.05, 3.63) is 23.9 Å². The Bertz CT molecular complexity index is 576. The van der Waals surface area contributed by atoms with Gasteiger partial charge in [0, 0.05) is 18.2 Å². The summed E-state index contributed by atoms with van der Waals surface area (Å²) in [6.45, 7) is 0. The maximum absolute atomic E-state index is 12.0. The molecule has 1 saturated carbocycles. The minimum atomic E-state index is -0.551. The van der Waals surface area contributed by atoms with Gasteiger partial charge in [0.2, 0.25) is 11.8 Å². The highest BCUT2D eigenvalue weighted by Crippen LogP contribution is 2.76. The summed E-state index contributed by atoms with van der Waals surface area (Å²) in [4.78, 5) is 16.1. The van der Waals surface area contributed by atoms with Gasteiger partial charge in [-0.3, -0.25) is 4.79 Å². The first-order valence-corrected chi connectivity index (χ1v) is 6.62. The smallest absolute Gasteiger partial charge is 0.227 e. The lowest BCUT2D eigenvalue weighted by Gasteiger charge is -2.34. The second-order valence-electron chi connectivity index (χ2n) is 5.76. The van der Waals surface area contributed by atoms with Crippen LogP contribution in [0.4, 0.5) is 0 Å². The summed E-state index contributed by atoms with van der Waals surface area (Å²) in [6.07, 6.45) is 4.60. The minimum Gasteiger partial charge on any atom is -0.481 e. The zero-order chi connectivity index (χ0) is 13.3. The number of aromatic nitrogens is 1. The molecule has 0 spiro atoms. The molecular formula is C14H16N2O3. The highest BCUT2D eigenvalue weighted by atomic mass is 16.5. The molecule has 4 unspecified atom stereocenters. The van der Waals surface area contributed by atoms with Gasteiger partial charge in [-0.15, -0.1) is 0 Å². The number of carbonyl (C=O) groups is 1. The van der Waals surface area contributed by atoms with Crippen LogP contribution in [-0.4, -0.2) is 24.1 Å². The third-order valence-corrected chi connectivity index (χ3v) is 5.17. The quantitative estimate of drug-likeness (QED) is 0.878. The van der Waals surface area contributed by atoms with E-state index >= 15 is 0 Å². The van der Waals surface area contributed by atoms with Gasteiger partial charge in [0.1, 0.15) is 5.60 Å². The molecule has 0 radical (unpaired) electrons. The van der Waals surface area contributed by atoms with E-state index in [1.165, 1.54) is 0 Å². The molecule has 1 aromatic rings. The molecular weight excluding hydrogens is 244 g/mol. The molecule has 2 bridgehead atoms. The largest absolute Gasteiger partial charge is 0.481 e. The van der Waals surface area contributed by atoms with Crippen LogP contribution in [0.15, 0.2) is 18.3 Å². The van der Waals surface area contributed by atoms with E-state index in [-0.39, 0.29) is 12.0 Å². The van der Waals surface area contributed by atoms with Gasteiger partial charge in [0.25, 0.3) is 0 Å². The Morgan fingerprint density at radius 3 is 3.21 bits per heavy atom. The van der Waals surface area contributed by atoms with Crippen molar-refractivity contribution >= 4 is 5.91 Å². The molecule has 4 atom stereocenters. The molecule has 0 aromatic carbocycles. The van der Waals surface area contributed by atoms with Crippen molar-refractivity contribution in [2.75, 3.05) is 7.11 Å². The van der Waals surface area contributed by atoms with Crippen molar-refractivity contribution in [2.24, 2.45) is 17.1 Å². The molecule has 1 aliphatic carbocycles. The number of hydrogen-bond acceptors (Lipinski definition) is 4. The molecule has 3 heterocycles. The number of primary amides is 1. The average molecular weight is 260 g/mol. The van der Waals surface area contributed by atoms with Crippen LogP contribution in [0, 0.1) is 11.3 Å². The Morgan fingerprint density at radius 2 is 2.47 bits per heavy atom. The third-order valence-electron chi connectivity index (χ3n) is 5.17. The summed E-state index contributed by atoms with van der Waals surface area (Å²) in [6, 6.07) is 3.78. The number of carbonyl (C=O) groups excluding carboxylic acids is 1. The molecule has 3 aliphatic rings. The van der Waals surface area contributed by atoms with E-state index in [0.29, 0.717) is 11.8 Å². The molecule has 1 aromatic heterocycles. The Kier molecular flexibility index (Phi) is 1.94. The van der Waals surface area contributed by atoms with Gasteiger partial charge in [-0.1, -0.05) is 0 Å². The summed E-state index contributed by atoms with van der Waals surface area (Å²) in [5.41, 5.74) is 5.61. The van der Waals surface area contributed by atoms with Gasteiger partial charge in [0.15, 0.2) is 0 Å². The monoisotopic (exact) mass is 260 g/mol. The van der Waals surface area contributed by atoms with Crippen LogP contribution < -0.4 is 10.5 Å². The van der Waals surface area contributed by atoms with E-state index in [9.17, 15) is 4.79 Å². The number of rotatable bonds is 3. The van der Waals surface area contributed by atoms with Crippen LogP contribution in [0.2, 0.25) is 0 Å². The average Bonchev–Trinajstić information content (AvgIpc) is 3.00. The number of fused-ring (bicyclic) bond motifs is 5. The number of methoxy groups -OCH3 is 1. The Morgan fingerprint density at radius 1 is 1.63 bits per heavy atom. The Hall–Kier alpha value is -1.62. The molecule has 5 heteroatoms. The molecule has 100 valence electrons. The lowest BCUT2D eigenvalue weighted by molar-refractivity contribution is -0.133. The van der Waals surface area contributed by atoms with Crippen LogP contribution in [0.25, 0.3) is 0 Å². The lowest BCUT2D eigenvalue weighted by atomic mass is 9.72. The van der Waals surface area contributed by atoms with Crippen molar-refractivity contribution in [1.29, 1.82) is 0 Å². The summed E-state index contributed by atoms with van der Waals surface area (Å²) < 4.78 is 11.4. The lowest BCUT2D eigenvalue weighted by Crippen LogP contribution is -2.43. The summed E-state index contributed by atoms with van der Waals surface area (Å²) >= 11 is 0. The van der Waals surface area contributed by atoms with Crippen molar-refractivity contribution in [2.45, 2.75) is 31.0 Å². The Balaban J connectivity index is 1.86. The number of nitrogens with zero attached hydrogens (tertiary/aromatic N) is 1. The van der Waals surface area contributed by atoms with Gasteiger partial charge in [-0.2, -0.15) is 0 Å². The van der Waals surface area contributed by atoms with Crippen LogP contribution in [0.3, 0.4) is 0 Å². The summed E-state index contributed by atoms with van der Waals surface area (Å²) in [5.74, 6) is 0.621. The molecule has 2 aliphatic heterocycles. The third kappa shape index (κ3) is 1.10. The standard InChI is InChI=1S/C14H16N2O3/c1-18-11-6-8(3-5-16-11)14-4-2-10(19-14)9-7-13(9,14)12(15)17/h3,5-6,9-10H,2,4,7H2,1H3,(H2,15,17). The summed E-state index contributed by atoms with van der Waals surface area (Å²) in [5, 5.41) is 0. The van der Waals surface area contributed by atoms with Crippen molar-refractivity contribution in [3.63, 3.8) is 0 Å². The second-order valence-corrected chi connectivity index (χ2v) is 5.76. The van der Waals surface area contributed by atoms with Crippen molar-refractivity contribution in [1.82, 2.24) is 4.98 Å². The number of hydrogen-bond donors (Lipinski definition) is 1. The van der Waals surface area contributed by atoms with Gasteiger partial charge < -0.3 is 15.2 Å². The number of ether oxygens (including phenoxy) is 2. The molecule has 2 N–H and O–H groups in total. The fraction of sp³-hybridized carbons (Fsp3) is 0.571. The number of nitrogens with two attached hydrogens (primary N) is 1. The van der Waals surface area contributed by atoms with E-state index in [4.69, 9.17) is 15.2 Å². The van der Waals surface area contributed by atoms with Crippen molar-refractivity contribution in [3.8, 4) is 5.88 Å². The van der Waals surface area contributed by atoms with E-state index < -0.39 is 11.0 Å². The van der Waals surface area contributed by atoms with E-state index in [1.54, 1.807) is 13.3 Å². The summed E-state index contributed by atoms with van der Waals surface area (Å²) in [7, 11) is 1.58. The Labute approximate surface area is 111 Å². The van der Waals surface area contributed by atoms with Crippen LogP contribution in [0.1, 0.15) is 24.8 Å². The molecule has 4 rings (SSSR count). The fourth-order valence-corrected chi connectivity index (χ4v) is 4.26. The first-order valence-electron chi connectivity index (χ1n) is 6.62. The zero-order valence-corrected chi connectivity index (χ0v) is 10.8. The van der Waals surface area contributed by atoms with Crippen LogP contribution in [-0.2, 0) is 15.1 Å². The molecule has 1 amide bonds. The van der Waals surface area contributed by atoms with E-state index in [2.05, 4.69) is 4.98 Å². The fourth-order valence-electron chi connectivity index (χ4n) is 4.26. The molecule has 19 heavy (non-hydrogen) atoms. The maximum atomic E-state index is 12.0. The first kappa shape index (κ1) is 11.2. The van der Waals surface area contributed by atoms with Crippen LogP contribution >= 0.6 is 0 Å².